The monoisotopic (exact) mass is 1750 g/mol. The Hall–Kier alpha value is -8.38. The van der Waals surface area contributed by atoms with E-state index in [1.807, 2.05) is 24.3 Å². The highest BCUT2D eigenvalue weighted by Crippen LogP contribution is 2.33. The minimum atomic E-state index is 0.121. The molecule has 0 aliphatic carbocycles. The summed E-state index contributed by atoms with van der Waals surface area (Å²) in [6.07, 6.45) is 12.9. The lowest BCUT2D eigenvalue weighted by molar-refractivity contribution is -0.140. The predicted octanol–water partition coefficient (Wildman–Crippen LogP) is 16.1. The van der Waals surface area contributed by atoms with Crippen LogP contribution in [-0.2, 0) is 72.5 Å². The Morgan fingerprint density at radius 3 is 0.865 bits per heavy atom. The topological polar surface area (TPSA) is 127 Å². The van der Waals surface area contributed by atoms with Crippen LogP contribution < -0.4 is 0 Å². The quantitative estimate of drug-likeness (QED) is 0.0571. The summed E-state index contributed by atoms with van der Waals surface area (Å²) >= 11 is 12.2. The number of aryl methyl sites for hydroxylation is 2. The molecular weight excluding hydrogens is 1610 g/mol. The number of rotatable bonds is 24. The average molecular weight is 1750 g/mol. The largest absolute Gasteiger partial charge is 0.346 e. The number of carbonyl (C=O) groups is 4. The van der Waals surface area contributed by atoms with Gasteiger partial charge in [-0.25, -0.2) is 0 Å². The Morgan fingerprint density at radius 1 is 0.278 bits per heavy atom. The predicted molar refractivity (Wildman–Crippen MR) is 516 cm³/mol. The molecule has 12 heterocycles. The van der Waals surface area contributed by atoms with Crippen LogP contribution in [0.1, 0.15) is 139 Å². The number of hydrogen-bond donors (Lipinski definition) is 0. The summed E-state index contributed by atoms with van der Waals surface area (Å²) in [5, 5.41) is 6.70. The van der Waals surface area contributed by atoms with Crippen LogP contribution in [0.15, 0.2) is 170 Å². The van der Waals surface area contributed by atoms with Crippen LogP contribution in [0.25, 0.3) is 43.6 Å². The molecule has 8 saturated heterocycles. The molecule has 8 fully saturated rings. The summed E-state index contributed by atoms with van der Waals surface area (Å²) in [6, 6.07) is 59.9. The third kappa shape index (κ3) is 24.0. The minimum absolute atomic E-state index is 0.121. The summed E-state index contributed by atoms with van der Waals surface area (Å²) in [4.78, 5) is 81.0. The van der Waals surface area contributed by atoms with Crippen molar-refractivity contribution in [3.8, 4) is 0 Å². The lowest BCUT2D eigenvalue weighted by Crippen LogP contribution is -2.52. The van der Waals surface area contributed by atoms with Crippen molar-refractivity contribution in [3.63, 3.8) is 0 Å². The number of piperidine rings is 4. The van der Waals surface area contributed by atoms with Gasteiger partial charge in [-0.15, -0.1) is 0 Å². The van der Waals surface area contributed by atoms with E-state index in [0.717, 1.165) is 284 Å². The first kappa shape index (κ1) is 92.3. The van der Waals surface area contributed by atoms with Crippen LogP contribution >= 0.6 is 23.2 Å². The number of halogens is 2. The van der Waals surface area contributed by atoms with Gasteiger partial charge in [-0.05, 0) is 248 Å². The van der Waals surface area contributed by atoms with Crippen LogP contribution in [0.4, 0.5) is 0 Å². The molecule has 4 amide bonds. The summed E-state index contributed by atoms with van der Waals surface area (Å²) in [6.45, 7) is 42.2. The number of likely N-dealkylation sites (tertiary alicyclic amines) is 4. The minimum Gasteiger partial charge on any atom is -0.346 e. The van der Waals surface area contributed by atoms with Crippen LogP contribution in [0, 0.1) is 23.7 Å². The molecule has 2 unspecified atom stereocenters. The van der Waals surface area contributed by atoms with E-state index in [4.69, 9.17) is 23.2 Å². The highest BCUT2D eigenvalue weighted by atomic mass is 35.5. The molecule has 10 aromatic rings. The Bertz CT molecular complexity index is 5130. The number of para-hydroxylation sites is 4. The first-order valence-corrected chi connectivity index (χ1v) is 48.9. The van der Waals surface area contributed by atoms with E-state index in [0.29, 0.717) is 23.6 Å². The first-order chi connectivity index (χ1) is 61.5. The van der Waals surface area contributed by atoms with Gasteiger partial charge in [0.05, 0.1) is 11.8 Å². The maximum atomic E-state index is 13.4. The molecule has 0 N–H and O–H groups in total. The zero-order chi connectivity index (χ0) is 87.4. The van der Waals surface area contributed by atoms with E-state index in [2.05, 4.69) is 264 Å². The van der Waals surface area contributed by atoms with Crippen LogP contribution in [0.3, 0.4) is 0 Å². The van der Waals surface area contributed by atoms with E-state index in [1.165, 1.54) is 103 Å². The lowest BCUT2D eigenvalue weighted by atomic mass is 9.95. The second-order valence-corrected chi connectivity index (χ2v) is 38.1. The van der Waals surface area contributed by atoms with Crippen LogP contribution in [-0.4, -0.2) is 284 Å². The molecule has 0 spiro atoms. The van der Waals surface area contributed by atoms with E-state index in [1.54, 1.807) is 0 Å². The van der Waals surface area contributed by atoms with Gasteiger partial charge in [0.2, 0.25) is 23.6 Å². The number of benzene rings is 6. The van der Waals surface area contributed by atoms with Crippen molar-refractivity contribution < 1.29 is 19.2 Å². The molecular formula is C104H142Cl2N16O4. The van der Waals surface area contributed by atoms with Gasteiger partial charge >= 0.3 is 0 Å². The van der Waals surface area contributed by atoms with Crippen LogP contribution in [0.2, 0.25) is 10.0 Å². The smallest absolute Gasteiger partial charge is 0.227 e. The molecule has 8 aliphatic heterocycles. The SMILES string of the molecule is CCCN1CCN(C(=O)C2CCCN(Cc3cc4ccccc4n3C)C2)CC1.CCCN1CCN(C(=O)C2CCCN(Cc3cc4ccccc4n3Cc3ccc(Cl)cc3)C2)CC1.CCCN1CCN(C(=O)C2CCN(Cc3cc4ccccc4n3C)CC2)CC1.CCCN1CCN(C(=O)C2CCN(Cc3cc4ccccc4n3Cc3ccc(Cl)cc3)CC2)CC1. The summed E-state index contributed by atoms with van der Waals surface area (Å²) < 4.78 is 9.47. The van der Waals surface area contributed by atoms with Gasteiger partial charge in [-0.1, -0.05) is 148 Å². The second kappa shape index (κ2) is 45.2. The molecule has 20 nitrogen and oxygen atoms in total. The van der Waals surface area contributed by atoms with Crippen molar-refractivity contribution >= 4 is 90.4 Å². The normalized spacial score (nSPS) is 20.0. The van der Waals surface area contributed by atoms with Gasteiger partial charge in [-0.2, -0.15) is 0 Å². The Kier molecular flexibility index (Phi) is 33.2. The van der Waals surface area contributed by atoms with Crippen molar-refractivity contribution in [1.29, 1.82) is 0 Å². The van der Waals surface area contributed by atoms with Gasteiger partial charge < -0.3 is 37.9 Å². The molecule has 18 rings (SSSR count). The molecule has 22 heteroatoms. The molecule has 0 bridgehead atoms. The highest BCUT2D eigenvalue weighted by molar-refractivity contribution is 6.30. The Balaban J connectivity index is 0.000000130. The fourth-order valence-electron chi connectivity index (χ4n) is 21.2. The second-order valence-electron chi connectivity index (χ2n) is 37.2. The molecule has 0 radical (unpaired) electrons. The zero-order valence-electron chi connectivity index (χ0n) is 76.5. The highest BCUT2D eigenvalue weighted by Gasteiger charge is 2.37. The summed E-state index contributed by atoms with van der Waals surface area (Å²) in [7, 11) is 4.31. The number of hydrogen-bond acceptors (Lipinski definition) is 12. The number of carbonyl (C=O) groups excluding carboxylic acids is 4. The van der Waals surface area contributed by atoms with Crippen molar-refractivity contribution in [2.24, 2.45) is 37.8 Å². The van der Waals surface area contributed by atoms with Gasteiger partial charge in [-0.3, -0.25) is 58.4 Å². The molecule has 676 valence electrons. The molecule has 0 saturated carbocycles. The molecule has 126 heavy (non-hydrogen) atoms. The van der Waals surface area contributed by atoms with Gasteiger partial charge in [0, 0.05) is 238 Å². The third-order valence-electron chi connectivity index (χ3n) is 28.4. The van der Waals surface area contributed by atoms with E-state index >= 15 is 0 Å². The van der Waals surface area contributed by atoms with Crippen molar-refractivity contribution in [2.45, 2.75) is 144 Å². The molecule has 6 aromatic carbocycles. The van der Waals surface area contributed by atoms with Crippen molar-refractivity contribution in [1.82, 2.24) is 77.1 Å². The van der Waals surface area contributed by atoms with E-state index in [-0.39, 0.29) is 23.7 Å². The third-order valence-corrected chi connectivity index (χ3v) is 28.9. The average Bonchev–Trinajstić information content (AvgIpc) is 1.65. The first-order valence-electron chi connectivity index (χ1n) is 48.2. The van der Waals surface area contributed by atoms with Gasteiger partial charge in [0.25, 0.3) is 0 Å². The fraction of sp³-hybridized carbons (Fsp3) is 0.538. The molecule has 8 aliphatic rings. The number of piperazine rings is 4. The number of aromatic nitrogens is 4. The van der Waals surface area contributed by atoms with E-state index < -0.39 is 0 Å². The van der Waals surface area contributed by atoms with E-state index in [9.17, 15) is 19.2 Å². The van der Waals surface area contributed by atoms with Crippen LogP contribution in [0.5, 0.6) is 0 Å². The van der Waals surface area contributed by atoms with Crippen molar-refractivity contribution in [2.75, 3.05) is 183 Å². The summed E-state index contributed by atoms with van der Waals surface area (Å²) in [5.41, 5.74) is 12.9. The summed E-state index contributed by atoms with van der Waals surface area (Å²) in [5.74, 6) is 2.24. The Labute approximate surface area is 760 Å². The zero-order valence-corrected chi connectivity index (χ0v) is 78.1. The maximum absolute atomic E-state index is 13.4. The standard InChI is InChI=1S/2C29H37ClN4O.2C23H34N4O/c1-2-13-31-15-17-33(18-16-31)29(35)25-7-5-14-32(21-25)22-27-19-24-6-3-4-8-28(24)34(27)20-23-9-11-26(30)12-10-23;1-2-13-31-16-18-33(19-17-31)29(35)24-11-14-32(15-12-24)22-27-20-25-5-3-4-6-28(25)34(27)21-23-7-9-26(30)10-8-23;1-3-10-25-12-14-27(15-13-25)23(28)20-8-6-11-26(17-20)18-21-16-19-7-4-5-9-22(19)24(21)2;1-3-10-25-13-15-27(16-14-25)23(28)19-8-11-26(12-9-19)18-21-17-20-6-4-5-7-22(20)24(21)2/h3-4,6,8-12,19,25H,2,5,7,13-18,20-22H2,1H3;3-10,20,24H,2,11-19,21-22H2,1H3;4-5,7,9,16,20H,3,6,8,10-15,17-18H2,1-2H3;4-7,17,19H,3,8-16,18H2,1-2H3. The van der Waals surface area contributed by atoms with Gasteiger partial charge in [0.15, 0.2) is 0 Å². The number of fused-ring (bicyclic) bond motifs is 4. The van der Waals surface area contributed by atoms with Gasteiger partial charge in [0.1, 0.15) is 0 Å². The maximum Gasteiger partial charge on any atom is 0.227 e. The Morgan fingerprint density at radius 2 is 0.548 bits per heavy atom. The lowest BCUT2D eigenvalue weighted by Gasteiger charge is -2.39. The fourth-order valence-corrected chi connectivity index (χ4v) is 21.4. The van der Waals surface area contributed by atoms with Crippen molar-refractivity contribution in [3.05, 3.63) is 214 Å². The number of nitrogens with zero attached hydrogens (tertiary/aromatic N) is 16. The molecule has 2 atom stereocenters. The molecule has 4 aromatic heterocycles. The number of amides is 4.